The number of hydrogen-bond acceptors (Lipinski definition) is 8. The van der Waals surface area contributed by atoms with Crippen LogP contribution in [0.1, 0.15) is 80.1 Å². The van der Waals surface area contributed by atoms with Gasteiger partial charge in [-0.3, -0.25) is 19.2 Å². The van der Waals surface area contributed by atoms with Crippen LogP contribution in [0.4, 0.5) is 4.79 Å². The molecule has 3 rings (SSSR count). The van der Waals surface area contributed by atoms with Gasteiger partial charge in [0.2, 0.25) is 11.8 Å². The van der Waals surface area contributed by atoms with Crippen LogP contribution < -0.4 is 16.0 Å². The molecule has 0 spiro atoms. The van der Waals surface area contributed by atoms with Crippen molar-refractivity contribution in [3.8, 4) is 0 Å². The van der Waals surface area contributed by atoms with E-state index in [-0.39, 0.29) is 30.4 Å². The molecular weight excluding hydrogens is 556 g/mol. The summed E-state index contributed by atoms with van der Waals surface area (Å²) in [6.45, 7) is 15.1. The first kappa shape index (κ1) is 34.3. The number of rotatable bonds is 6. The first-order valence-corrected chi connectivity index (χ1v) is 15.4. The van der Waals surface area contributed by atoms with Crippen LogP contribution in [0.2, 0.25) is 0 Å². The van der Waals surface area contributed by atoms with Crippen molar-refractivity contribution in [2.24, 2.45) is 17.3 Å². The summed E-state index contributed by atoms with van der Waals surface area (Å²) in [5.41, 5.74) is -0.935. The van der Waals surface area contributed by atoms with Crippen LogP contribution in [0.15, 0.2) is 12.7 Å². The minimum absolute atomic E-state index is 0.0533. The van der Waals surface area contributed by atoms with Crippen molar-refractivity contribution < 1.29 is 38.2 Å². The van der Waals surface area contributed by atoms with E-state index in [2.05, 4.69) is 36.4 Å². The minimum Gasteiger partial charge on any atom is -0.450 e. The molecule has 2 aliphatic heterocycles. The molecule has 0 radical (unpaired) electrons. The van der Waals surface area contributed by atoms with Gasteiger partial charge in [0, 0.05) is 26.6 Å². The molecule has 1 aliphatic carbocycles. The van der Waals surface area contributed by atoms with Crippen molar-refractivity contribution in [2.75, 3.05) is 26.3 Å². The van der Waals surface area contributed by atoms with Crippen molar-refractivity contribution in [1.82, 2.24) is 20.9 Å². The molecule has 1 unspecified atom stereocenters. The van der Waals surface area contributed by atoms with Gasteiger partial charge >= 0.3 is 12.1 Å². The standard InChI is InChI=1S/C31H50N4O8/c1-8-15-32-27(38)25(42-19(2)36)21-14-12-10-9-11-13-16-41-18-22(34-29(40)43-30(3,4)5)28(39)35-17-20-23(31(20,6)7)24(35)26(37)33-21/h8,20-25H,1,9-18H2,2-7H3,(H,32,38)(H,33,37)(H,34,40)/t20-,21-,22-,23-,24-,25?/m0/s1. The van der Waals surface area contributed by atoms with E-state index >= 15 is 0 Å². The number of fused-ring (bicyclic) bond motifs is 3. The summed E-state index contributed by atoms with van der Waals surface area (Å²) in [4.78, 5) is 67.4. The van der Waals surface area contributed by atoms with Gasteiger partial charge in [-0.05, 0) is 50.9 Å². The van der Waals surface area contributed by atoms with Crippen LogP contribution in [0.3, 0.4) is 0 Å². The molecule has 12 heteroatoms. The Kier molecular flexibility index (Phi) is 11.6. The van der Waals surface area contributed by atoms with E-state index < -0.39 is 59.6 Å². The van der Waals surface area contributed by atoms with Gasteiger partial charge in [-0.2, -0.15) is 0 Å². The zero-order chi connectivity index (χ0) is 31.9. The van der Waals surface area contributed by atoms with Gasteiger partial charge in [-0.25, -0.2) is 4.79 Å². The lowest BCUT2D eigenvalue weighted by Gasteiger charge is -2.35. The predicted octanol–water partition coefficient (Wildman–Crippen LogP) is 2.45. The SMILES string of the molecule is C=CCNC(=O)C(OC(C)=O)[C@@H]1CCCCCCCOC[C@H](NC(=O)OC(C)(C)C)C(=O)N2C[C@H]3[C@@H]([C@H]2C(=O)N1)C3(C)C. The molecular formula is C31H50N4O8. The van der Waals surface area contributed by atoms with Gasteiger partial charge in [0.15, 0.2) is 6.10 Å². The highest BCUT2D eigenvalue weighted by Crippen LogP contribution is 2.64. The summed E-state index contributed by atoms with van der Waals surface area (Å²) in [5.74, 6) is -2.04. The Morgan fingerprint density at radius 2 is 1.84 bits per heavy atom. The Balaban J connectivity index is 1.92. The number of esters is 1. The number of ether oxygens (including phenoxy) is 3. The molecule has 2 saturated heterocycles. The molecule has 0 aromatic heterocycles. The van der Waals surface area contributed by atoms with Crippen molar-refractivity contribution in [1.29, 1.82) is 0 Å². The van der Waals surface area contributed by atoms with E-state index in [1.807, 2.05) is 0 Å². The average Bonchev–Trinajstić information content (AvgIpc) is 3.22. The van der Waals surface area contributed by atoms with Crippen LogP contribution in [-0.4, -0.2) is 90.8 Å². The fourth-order valence-corrected chi connectivity index (χ4v) is 6.28. The van der Waals surface area contributed by atoms with Crippen molar-refractivity contribution >= 4 is 29.8 Å². The van der Waals surface area contributed by atoms with E-state index in [9.17, 15) is 24.0 Å². The number of hydrogen-bond donors (Lipinski definition) is 3. The third-order valence-electron chi connectivity index (χ3n) is 8.50. The van der Waals surface area contributed by atoms with E-state index in [0.717, 1.165) is 25.7 Å². The molecule has 0 aromatic carbocycles. The summed E-state index contributed by atoms with van der Waals surface area (Å²) in [7, 11) is 0. The van der Waals surface area contributed by atoms with E-state index in [1.165, 1.54) is 17.9 Å². The van der Waals surface area contributed by atoms with Gasteiger partial charge in [-0.15, -0.1) is 6.58 Å². The topological polar surface area (TPSA) is 152 Å². The van der Waals surface area contributed by atoms with Gasteiger partial charge < -0.3 is 35.1 Å². The van der Waals surface area contributed by atoms with Crippen molar-refractivity contribution in [3.05, 3.63) is 12.7 Å². The number of nitrogens with one attached hydrogen (secondary N) is 3. The highest BCUT2D eigenvalue weighted by molar-refractivity contribution is 5.93. The second-order valence-corrected chi connectivity index (χ2v) is 13.4. The summed E-state index contributed by atoms with van der Waals surface area (Å²) >= 11 is 0. The number of piperidine rings is 1. The Hall–Kier alpha value is -3.15. The number of alkyl carbamates (subject to hydrolysis) is 1. The first-order chi connectivity index (χ1) is 20.2. The maximum atomic E-state index is 14.1. The molecule has 1 saturated carbocycles. The smallest absolute Gasteiger partial charge is 0.408 e. The first-order valence-electron chi connectivity index (χ1n) is 15.4. The quantitative estimate of drug-likeness (QED) is 0.308. The fraction of sp³-hybridized carbons (Fsp3) is 0.774. The monoisotopic (exact) mass is 606 g/mol. The summed E-state index contributed by atoms with van der Waals surface area (Å²) < 4.78 is 16.7. The second kappa shape index (κ2) is 14.5. The third kappa shape index (κ3) is 9.17. The molecule has 3 N–H and O–H groups in total. The second-order valence-electron chi connectivity index (χ2n) is 13.4. The average molecular weight is 607 g/mol. The molecule has 4 amide bonds. The normalized spacial score (nSPS) is 28.8. The highest BCUT2D eigenvalue weighted by Gasteiger charge is 2.69. The molecule has 12 nitrogen and oxygen atoms in total. The van der Waals surface area contributed by atoms with Crippen LogP contribution >= 0.6 is 0 Å². The summed E-state index contributed by atoms with van der Waals surface area (Å²) in [6, 6.07) is -2.68. The number of carbonyl (C=O) groups is 5. The van der Waals surface area contributed by atoms with Crippen LogP contribution in [-0.2, 0) is 33.4 Å². The minimum atomic E-state index is -1.25. The predicted molar refractivity (Wildman–Crippen MR) is 159 cm³/mol. The van der Waals surface area contributed by atoms with E-state index in [1.54, 1.807) is 20.8 Å². The van der Waals surface area contributed by atoms with Crippen molar-refractivity contribution in [2.45, 2.75) is 110 Å². The number of amides is 4. The Labute approximate surface area is 255 Å². The molecule has 0 aromatic rings. The number of carbonyl (C=O) groups excluding carboxylic acids is 5. The molecule has 3 aliphatic rings. The largest absolute Gasteiger partial charge is 0.450 e. The Morgan fingerprint density at radius 1 is 1.16 bits per heavy atom. The van der Waals surface area contributed by atoms with Crippen LogP contribution in [0.25, 0.3) is 0 Å². The maximum Gasteiger partial charge on any atom is 0.408 e. The highest BCUT2D eigenvalue weighted by atomic mass is 16.6. The Morgan fingerprint density at radius 3 is 2.49 bits per heavy atom. The zero-order valence-electron chi connectivity index (χ0n) is 26.5. The number of nitrogens with zero attached hydrogens (tertiary/aromatic N) is 1. The van der Waals surface area contributed by atoms with Gasteiger partial charge in [0.1, 0.15) is 17.7 Å². The van der Waals surface area contributed by atoms with Crippen molar-refractivity contribution in [3.63, 3.8) is 0 Å². The molecule has 0 bridgehead atoms. The Bertz CT molecular complexity index is 1050. The third-order valence-corrected chi connectivity index (χ3v) is 8.50. The molecule has 242 valence electrons. The zero-order valence-corrected chi connectivity index (χ0v) is 26.5. The lowest BCUT2D eigenvalue weighted by atomic mass is 9.97. The lowest BCUT2D eigenvalue weighted by molar-refractivity contribution is -0.157. The molecule has 6 atom stereocenters. The van der Waals surface area contributed by atoms with Gasteiger partial charge in [0.25, 0.3) is 5.91 Å². The maximum absolute atomic E-state index is 14.1. The van der Waals surface area contributed by atoms with Crippen LogP contribution in [0, 0.1) is 17.3 Å². The summed E-state index contributed by atoms with van der Waals surface area (Å²) in [5, 5.41) is 8.33. The van der Waals surface area contributed by atoms with Gasteiger partial charge in [0.05, 0.1) is 12.6 Å². The lowest BCUT2D eigenvalue weighted by Crippen LogP contribution is -2.60. The van der Waals surface area contributed by atoms with E-state index in [4.69, 9.17) is 14.2 Å². The van der Waals surface area contributed by atoms with Crippen LogP contribution in [0.5, 0.6) is 0 Å². The molecule has 2 heterocycles. The van der Waals surface area contributed by atoms with Gasteiger partial charge in [-0.1, -0.05) is 45.6 Å². The fourth-order valence-electron chi connectivity index (χ4n) is 6.28. The summed E-state index contributed by atoms with van der Waals surface area (Å²) in [6.07, 6.45) is 4.04. The molecule has 43 heavy (non-hydrogen) atoms. The molecule has 3 fully saturated rings. The van der Waals surface area contributed by atoms with E-state index in [0.29, 0.717) is 26.0 Å².